The number of sulfonamides is 1. The lowest BCUT2D eigenvalue weighted by molar-refractivity contribution is -0.146. The fraction of sp³-hybridized carbons (Fsp3) is 0.556. The minimum Gasteiger partial charge on any atom is -0.480 e. The van der Waals surface area contributed by atoms with E-state index in [2.05, 4.69) is 4.98 Å². The van der Waals surface area contributed by atoms with E-state index in [0.717, 1.165) is 4.31 Å². The number of carboxylic acids is 1. The summed E-state index contributed by atoms with van der Waals surface area (Å²) in [5.74, 6) is -1.27. The van der Waals surface area contributed by atoms with Crippen LogP contribution in [0.4, 0.5) is 0 Å². The summed E-state index contributed by atoms with van der Waals surface area (Å²) in [7, 11) is -4.01. The predicted octanol–water partition coefficient (Wildman–Crippen LogP) is -0.781. The van der Waals surface area contributed by atoms with Crippen molar-refractivity contribution in [2.45, 2.75) is 17.2 Å². The number of aliphatic carboxylic acids is 1. The van der Waals surface area contributed by atoms with Gasteiger partial charge in [-0.1, -0.05) is 11.3 Å². The van der Waals surface area contributed by atoms with E-state index in [-0.39, 0.29) is 29.7 Å². The molecule has 8 nitrogen and oxygen atoms in total. The summed E-state index contributed by atoms with van der Waals surface area (Å²) in [6, 6.07) is -1.27. The Morgan fingerprint density at radius 1 is 1.58 bits per heavy atom. The Balaban J connectivity index is 2.45. The lowest BCUT2D eigenvalue weighted by Gasteiger charge is -2.31. The van der Waals surface area contributed by atoms with E-state index in [1.807, 2.05) is 0 Å². The number of nitrogens with one attached hydrogen (secondary N) is 1. The summed E-state index contributed by atoms with van der Waals surface area (Å²) in [6.45, 7) is 1.33. The summed E-state index contributed by atoms with van der Waals surface area (Å²) >= 11 is 0.554. The number of ether oxygens (including phenoxy) is 1. The number of hydrogen-bond donors (Lipinski definition) is 2. The number of aromatic nitrogens is 1. The zero-order valence-corrected chi connectivity index (χ0v) is 11.6. The van der Waals surface area contributed by atoms with Crippen molar-refractivity contribution in [1.82, 2.24) is 9.29 Å². The molecule has 2 heterocycles. The first kappa shape index (κ1) is 14.2. The third-order valence-electron chi connectivity index (χ3n) is 2.69. The predicted molar refractivity (Wildman–Crippen MR) is 65.8 cm³/mol. The Bertz CT molecular complexity index is 646. The monoisotopic (exact) mass is 308 g/mol. The van der Waals surface area contributed by atoms with Crippen LogP contribution in [-0.2, 0) is 19.6 Å². The largest absolute Gasteiger partial charge is 0.480 e. The maximum Gasteiger partial charge on any atom is 0.324 e. The average Bonchev–Trinajstić information content (AvgIpc) is 2.69. The van der Waals surface area contributed by atoms with Crippen LogP contribution in [0.2, 0.25) is 0 Å². The zero-order chi connectivity index (χ0) is 14.2. The first-order valence-corrected chi connectivity index (χ1v) is 7.62. The molecule has 0 saturated carbocycles. The van der Waals surface area contributed by atoms with Gasteiger partial charge in [-0.3, -0.25) is 9.59 Å². The highest BCUT2D eigenvalue weighted by atomic mass is 32.2. The molecular weight excluding hydrogens is 296 g/mol. The molecule has 2 rings (SSSR count). The van der Waals surface area contributed by atoms with Gasteiger partial charge in [0.25, 0.3) is 10.0 Å². The SMILES string of the molecule is Cc1[nH]c(=O)sc1S(=O)(=O)N1CCOCC1C(=O)O. The number of thiazole rings is 1. The normalized spacial score (nSPS) is 21.4. The molecule has 106 valence electrons. The molecule has 1 aromatic rings. The summed E-state index contributed by atoms with van der Waals surface area (Å²) < 4.78 is 30.5. The van der Waals surface area contributed by atoms with Crippen molar-refractivity contribution in [3.8, 4) is 0 Å². The van der Waals surface area contributed by atoms with Crippen LogP contribution in [0.15, 0.2) is 9.00 Å². The van der Waals surface area contributed by atoms with Gasteiger partial charge >= 0.3 is 10.8 Å². The van der Waals surface area contributed by atoms with E-state index in [0.29, 0.717) is 11.3 Å². The van der Waals surface area contributed by atoms with Crippen LogP contribution in [-0.4, -0.2) is 54.6 Å². The second kappa shape index (κ2) is 5.04. The van der Waals surface area contributed by atoms with E-state index in [1.165, 1.54) is 6.92 Å². The third-order valence-corrected chi connectivity index (χ3v) is 6.18. The summed E-state index contributed by atoms with van der Waals surface area (Å²) in [6.07, 6.45) is 0. The van der Waals surface area contributed by atoms with Crippen molar-refractivity contribution in [1.29, 1.82) is 0 Å². The first-order valence-electron chi connectivity index (χ1n) is 5.36. The number of carbonyl (C=O) groups is 1. The molecule has 0 aromatic carbocycles. The van der Waals surface area contributed by atoms with Crippen molar-refractivity contribution in [3.05, 3.63) is 15.4 Å². The molecule has 1 aliphatic rings. The van der Waals surface area contributed by atoms with Gasteiger partial charge < -0.3 is 14.8 Å². The smallest absolute Gasteiger partial charge is 0.324 e. The molecule has 0 spiro atoms. The molecule has 19 heavy (non-hydrogen) atoms. The van der Waals surface area contributed by atoms with Gasteiger partial charge in [0.2, 0.25) is 0 Å². The van der Waals surface area contributed by atoms with Gasteiger partial charge in [-0.2, -0.15) is 4.31 Å². The van der Waals surface area contributed by atoms with Crippen LogP contribution in [0, 0.1) is 6.92 Å². The van der Waals surface area contributed by atoms with E-state index < -0.39 is 26.9 Å². The molecule has 1 fully saturated rings. The van der Waals surface area contributed by atoms with Crippen molar-refractivity contribution in [2.75, 3.05) is 19.8 Å². The molecule has 1 saturated heterocycles. The average molecular weight is 308 g/mol. The molecule has 1 aliphatic heterocycles. The Kier molecular flexibility index (Phi) is 3.76. The molecular formula is C9H12N2O6S2. The van der Waals surface area contributed by atoms with Crippen LogP contribution in [0.5, 0.6) is 0 Å². The van der Waals surface area contributed by atoms with Crippen LogP contribution in [0.1, 0.15) is 5.69 Å². The van der Waals surface area contributed by atoms with Crippen molar-refractivity contribution < 1.29 is 23.1 Å². The Labute approximate surface area is 112 Å². The van der Waals surface area contributed by atoms with E-state index in [9.17, 15) is 18.0 Å². The van der Waals surface area contributed by atoms with Gasteiger partial charge in [-0.05, 0) is 6.92 Å². The Morgan fingerprint density at radius 3 is 2.79 bits per heavy atom. The highest BCUT2D eigenvalue weighted by Gasteiger charge is 2.40. The number of hydrogen-bond acceptors (Lipinski definition) is 6. The Morgan fingerprint density at radius 2 is 2.26 bits per heavy atom. The molecule has 0 radical (unpaired) electrons. The van der Waals surface area contributed by atoms with Crippen LogP contribution < -0.4 is 4.87 Å². The fourth-order valence-electron chi connectivity index (χ4n) is 1.81. The molecule has 0 aliphatic carbocycles. The lowest BCUT2D eigenvalue weighted by Crippen LogP contribution is -2.52. The third kappa shape index (κ3) is 2.56. The summed E-state index contributed by atoms with van der Waals surface area (Å²) in [5, 5.41) is 9.04. The van der Waals surface area contributed by atoms with E-state index in [1.54, 1.807) is 0 Å². The lowest BCUT2D eigenvalue weighted by atomic mass is 10.3. The second-order valence-corrected chi connectivity index (χ2v) is 7.04. The minimum atomic E-state index is -4.01. The van der Waals surface area contributed by atoms with Gasteiger partial charge in [0.05, 0.1) is 13.2 Å². The Hall–Kier alpha value is -1.23. The molecule has 1 unspecified atom stereocenters. The number of H-pyrrole nitrogens is 1. The number of nitrogens with zero attached hydrogens (tertiary/aromatic N) is 1. The van der Waals surface area contributed by atoms with Crippen LogP contribution in [0.3, 0.4) is 0 Å². The van der Waals surface area contributed by atoms with Crippen molar-refractivity contribution >= 4 is 27.3 Å². The number of rotatable bonds is 3. The van der Waals surface area contributed by atoms with E-state index >= 15 is 0 Å². The molecule has 10 heteroatoms. The number of morpholine rings is 1. The first-order chi connectivity index (χ1) is 8.84. The van der Waals surface area contributed by atoms with Gasteiger partial charge in [-0.25, -0.2) is 8.42 Å². The van der Waals surface area contributed by atoms with Gasteiger partial charge in [0.15, 0.2) is 4.21 Å². The molecule has 1 aromatic heterocycles. The standard InChI is InChI=1S/C9H12N2O6S2/c1-5-8(18-9(14)10-5)19(15,16)11-2-3-17-4-6(11)7(12)13/h6H,2-4H2,1H3,(H,10,14)(H,12,13). The zero-order valence-electron chi connectivity index (χ0n) is 9.95. The highest BCUT2D eigenvalue weighted by molar-refractivity contribution is 7.91. The topological polar surface area (TPSA) is 117 Å². The van der Waals surface area contributed by atoms with E-state index in [4.69, 9.17) is 9.84 Å². The molecule has 0 bridgehead atoms. The summed E-state index contributed by atoms with van der Waals surface area (Å²) in [4.78, 5) is 24.2. The maximum atomic E-state index is 12.4. The minimum absolute atomic E-state index is 0.0508. The summed E-state index contributed by atoms with van der Waals surface area (Å²) in [5.41, 5.74) is 0.214. The highest BCUT2D eigenvalue weighted by Crippen LogP contribution is 2.24. The van der Waals surface area contributed by atoms with Crippen molar-refractivity contribution in [3.63, 3.8) is 0 Å². The molecule has 0 amide bonds. The van der Waals surface area contributed by atoms with Crippen molar-refractivity contribution in [2.24, 2.45) is 0 Å². The van der Waals surface area contributed by atoms with Crippen LogP contribution >= 0.6 is 11.3 Å². The fourth-order valence-corrected chi connectivity index (χ4v) is 4.78. The number of aromatic amines is 1. The van der Waals surface area contributed by atoms with Crippen LogP contribution in [0.25, 0.3) is 0 Å². The van der Waals surface area contributed by atoms with Gasteiger partial charge in [0, 0.05) is 12.2 Å². The maximum absolute atomic E-state index is 12.4. The number of aryl methyl sites for hydroxylation is 1. The second-order valence-electron chi connectivity index (χ2n) is 3.97. The van der Waals surface area contributed by atoms with Gasteiger partial charge in [-0.15, -0.1) is 0 Å². The van der Waals surface area contributed by atoms with Gasteiger partial charge in [0.1, 0.15) is 6.04 Å². The molecule has 1 atom stereocenters. The molecule has 2 N–H and O–H groups in total. The quantitative estimate of drug-likeness (QED) is 0.756. The number of carboxylic acid groups (broad SMARTS) is 1.